The molecule has 1 aromatic rings. The number of morpholine rings is 1. The molecule has 0 bridgehead atoms. The highest BCUT2D eigenvalue weighted by Crippen LogP contribution is 2.13. The van der Waals surface area contributed by atoms with Gasteiger partial charge in [-0.15, -0.1) is 0 Å². The number of aromatic nitrogens is 2. The molecule has 1 aliphatic heterocycles. The summed E-state index contributed by atoms with van der Waals surface area (Å²) in [5.41, 5.74) is 0.308. The number of nitrogens with zero attached hydrogens (tertiary/aromatic N) is 3. The number of carbonyl (C=O) groups excluding carboxylic acids is 1. The van der Waals surface area contributed by atoms with Gasteiger partial charge in [-0.2, -0.15) is 0 Å². The Morgan fingerprint density at radius 2 is 2.29 bits per heavy atom. The fourth-order valence-corrected chi connectivity index (χ4v) is 2.26. The van der Waals surface area contributed by atoms with Gasteiger partial charge in [-0.3, -0.25) is 4.79 Å². The Labute approximate surface area is 124 Å². The lowest BCUT2D eigenvalue weighted by Crippen LogP contribution is -2.50. The van der Waals surface area contributed by atoms with E-state index in [0.717, 1.165) is 13.0 Å². The van der Waals surface area contributed by atoms with Gasteiger partial charge in [0.25, 0.3) is 5.91 Å². The summed E-state index contributed by atoms with van der Waals surface area (Å²) in [7, 11) is 0. The van der Waals surface area contributed by atoms with Crippen LogP contribution in [0.25, 0.3) is 0 Å². The van der Waals surface area contributed by atoms with Crippen LogP contribution < -0.4 is 5.32 Å². The molecule has 1 amide bonds. The number of aliphatic hydroxyl groups is 1. The van der Waals surface area contributed by atoms with E-state index in [2.05, 4.69) is 22.2 Å². The molecule has 0 spiro atoms. The molecule has 1 saturated heterocycles. The van der Waals surface area contributed by atoms with Crippen molar-refractivity contribution in [2.75, 3.05) is 31.6 Å². The third kappa shape index (κ3) is 4.12. The minimum Gasteiger partial charge on any atom is -0.394 e. The molecular formula is C14H22N4O3. The van der Waals surface area contributed by atoms with E-state index < -0.39 is 0 Å². The number of carbonyl (C=O) groups is 1. The van der Waals surface area contributed by atoms with Crippen molar-refractivity contribution in [3.63, 3.8) is 0 Å². The SMILES string of the molecule is CCCNc1cnc(C(=O)N2CC(C)OC(CO)C2)cn1. The Morgan fingerprint density at radius 1 is 1.48 bits per heavy atom. The molecule has 2 rings (SSSR count). The Hall–Kier alpha value is -1.73. The second-order valence-electron chi connectivity index (χ2n) is 5.18. The molecule has 2 heterocycles. The predicted octanol–water partition coefficient (Wildman–Crippen LogP) is 0.520. The number of hydrogen-bond acceptors (Lipinski definition) is 6. The van der Waals surface area contributed by atoms with E-state index >= 15 is 0 Å². The Balaban J connectivity index is 2.01. The lowest BCUT2D eigenvalue weighted by molar-refractivity contribution is -0.0859. The average Bonchev–Trinajstić information content (AvgIpc) is 2.52. The first-order valence-electron chi connectivity index (χ1n) is 7.25. The lowest BCUT2D eigenvalue weighted by atomic mass is 10.2. The molecule has 2 unspecified atom stereocenters. The van der Waals surface area contributed by atoms with Crippen LogP contribution in [0.15, 0.2) is 12.4 Å². The molecule has 7 nitrogen and oxygen atoms in total. The van der Waals surface area contributed by atoms with Gasteiger partial charge >= 0.3 is 0 Å². The van der Waals surface area contributed by atoms with Crippen LogP contribution in [0, 0.1) is 0 Å². The van der Waals surface area contributed by atoms with Gasteiger partial charge < -0.3 is 20.1 Å². The molecule has 21 heavy (non-hydrogen) atoms. The maximum absolute atomic E-state index is 12.4. The summed E-state index contributed by atoms with van der Waals surface area (Å²) in [4.78, 5) is 22.4. The predicted molar refractivity (Wildman–Crippen MR) is 78.1 cm³/mol. The summed E-state index contributed by atoms with van der Waals surface area (Å²) in [5, 5.41) is 12.3. The minimum absolute atomic E-state index is 0.0975. The normalized spacial score (nSPS) is 22.1. The van der Waals surface area contributed by atoms with Crippen LogP contribution >= 0.6 is 0 Å². The van der Waals surface area contributed by atoms with Crippen molar-refractivity contribution >= 4 is 11.7 Å². The molecule has 0 aromatic carbocycles. The van der Waals surface area contributed by atoms with Gasteiger partial charge in [0.15, 0.2) is 0 Å². The first-order chi connectivity index (χ1) is 10.1. The van der Waals surface area contributed by atoms with Gasteiger partial charge in [0.1, 0.15) is 11.5 Å². The first kappa shape index (κ1) is 15.7. The standard InChI is InChI=1S/C14H22N4O3/c1-3-4-15-13-6-16-12(5-17-13)14(20)18-7-10(2)21-11(8-18)9-19/h5-6,10-11,19H,3-4,7-9H2,1-2H3,(H,15,17). The highest BCUT2D eigenvalue weighted by molar-refractivity contribution is 5.92. The highest BCUT2D eigenvalue weighted by atomic mass is 16.5. The van der Waals surface area contributed by atoms with Gasteiger partial charge in [-0.05, 0) is 13.3 Å². The molecule has 2 atom stereocenters. The fraction of sp³-hybridized carbons (Fsp3) is 0.643. The topological polar surface area (TPSA) is 87.6 Å². The molecule has 0 aliphatic carbocycles. The van der Waals surface area contributed by atoms with Gasteiger partial charge in [0.2, 0.25) is 0 Å². The van der Waals surface area contributed by atoms with E-state index in [4.69, 9.17) is 4.74 Å². The summed E-state index contributed by atoms with van der Waals surface area (Å²) in [5.74, 6) is 0.482. The zero-order valence-electron chi connectivity index (χ0n) is 12.5. The molecule has 1 fully saturated rings. The van der Waals surface area contributed by atoms with E-state index in [1.54, 1.807) is 11.1 Å². The number of ether oxygens (including phenoxy) is 1. The lowest BCUT2D eigenvalue weighted by Gasteiger charge is -2.35. The summed E-state index contributed by atoms with van der Waals surface area (Å²) >= 11 is 0. The van der Waals surface area contributed by atoms with Gasteiger partial charge in [-0.25, -0.2) is 9.97 Å². The van der Waals surface area contributed by atoms with E-state index in [-0.39, 0.29) is 24.7 Å². The number of anilines is 1. The summed E-state index contributed by atoms with van der Waals surface area (Å²) in [6.07, 6.45) is 3.61. The Kier molecular flexibility index (Phi) is 5.46. The quantitative estimate of drug-likeness (QED) is 0.823. The number of hydrogen-bond donors (Lipinski definition) is 2. The van der Waals surface area contributed by atoms with Gasteiger partial charge in [0, 0.05) is 19.6 Å². The van der Waals surface area contributed by atoms with Crippen LogP contribution in [0.5, 0.6) is 0 Å². The minimum atomic E-state index is -0.337. The van der Waals surface area contributed by atoms with E-state index in [1.807, 2.05) is 6.92 Å². The van der Waals surface area contributed by atoms with Crippen LogP contribution in [0.2, 0.25) is 0 Å². The molecule has 1 aliphatic rings. The molecule has 116 valence electrons. The maximum Gasteiger partial charge on any atom is 0.274 e. The summed E-state index contributed by atoms with van der Waals surface area (Å²) in [6, 6.07) is 0. The number of amides is 1. The van der Waals surface area contributed by atoms with Crippen molar-refractivity contribution in [1.29, 1.82) is 0 Å². The molecule has 2 N–H and O–H groups in total. The van der Waals surface area contributed by atoms with Crippen molar-refractivity contribution in [2.45, 2.75) is 32.5 Å². The van der Waals surface area contributed by atoms with Crippen molar-refractivity contribution in [1.82, 2.24) is 14.9 Å². The fourth-order valence-electron chi connectivity index (χ4n) is 2.26. The summed E-state index contributed by atoms with van der Waals surface area (Å²) < 4.78 is 5.53. The number of rotatable bonds is 5. The van der Waals surface area contributed by atoms with Crippen molar-refractivity contribution in [3.05, 3.63) is 18.1 Å². The largest absolute Gasteiger partial charge is 0.394 e. The molecule has 0 saturated carbocycles. The first-order valence-corrected chi connectivity index (χ1v) is 7.25. The zero-order chi connectivity index (χ0) is 15.2. The second kappa shape index (κ2) is 7.33. The third-order valence-electron chi connectivity index (χ3n) is 3.24. The average molecular weight is 294 g/mol. The molecular weight excluding hydrogens is 272 g/mol. The summed E-state index contributed by atoms with van der Waals surface area (Å²) in [6.45, 7) is 5.53. The highest BCUT2D eigenvalue weighted by Gasteiger charge is 2.29. The second-order valence-corrected chi connectivity index (χ2v) is 5.18. The van der Waals surface area contributed by atoms with Crippen LogP contribution in [0.4, 0.5) is 5.82 Å². The van der Waals surface area contributed by atoms with E-state index in [9.17, 15) is 9.90 Å². The van der Waals surface area contributed by atoms with E-state index in [0.29, 0.717) is 24.6 Å². The van der Waals surface area contributed by atoms with E-state index in [1.165, 1.54) is 6.20 Å². The van der Waals surface area contributed by atoms with Crippen molar-refractivity contribution in [3.8, 4) is 0 Å². The molecule has 1 aromatic heterocycles. The van der Waals surface area contributed by atoms with Crippen LogP contribution in [-0.2, 0) is 4.74 Å². The Morgan fingerprint density at radius 3 is 2.90 bits per heavy atom. The zero-order valence-corrected chi connectivity index (χ0v) is 12.5. The Bertz CT molecular complexity index is 466. The monoisotopic (exact) mass is 294 g/mol. The number of nitrogens with one attached hydrogen (secondary N) is 1. The van der Waals surface area contributed by atoms with Crippen molar-refractivity contribution in [2.24, 2.45) is 0 Å². The van der Waals surface area contributed by atoms with Crippen LogP contribution in [0.1, 0.15) is 30.8 Å². The smallest absolute Gasteiger partial charge is 0.274 e. The van der Waals surface area contributed by atoms with Gasteiger partial charge in [0.05, 0.1) is 31.2 Å². The number of aliphatic hydroxyl groups excluding tert-OH is 1. The molecule has 0 radical (unpaired) electrons. The van der Waals surface area contributed by atoms with Crippen molar-refractivity contribution < 1.29 is 14.6 Å². The molecule has 7 heteroatoms. The van der Waals surface area contributed by atoms with Gasteiger partial charge in [-0.1, -0.05) is 6.92 Å². The maximum atomic E-state index is 12.4. The van der Waals surface area contributed by atoms with Crippen LogP contribution in [0.3, 0.4) is 0 Å². The third-order valence-corrected chi connectivity index (χ3v) is 3.24. The van der Waals surface area contributed by atoms with Crippen LogP contribution in [-0.4, -0.2) is 64.3 Å².